The molecule has 1 aromatic carbocycles. The van der Waals surface area contributed by atoms with E-state index in [0.29, 0.717) is 11.8 Å². The van der Waals surface area contributed by atoms with Crippen molar-refractivity contribution in [3.05, 3.63) is 29.8 Å². The normalized spacial score (nSPS) is 18.7. The van der Waals surface area contributed by atoms with E-state index in [-0.39, 0.29) is 11.8 Å². The number of hydrogen-bond donors (Lipinski definition) is 2. The SMILES string of the molecule is CNC(=O)C1CCN(C(C)Cc2ccc(O)cc2)CC1. The number of benzene rings is 1. The van der Waals surface area contributed by atoms with E-state index in [2.05, 4.69) is 17.1 Å². The van der Waals surface area contributed by atoms with Gasteiger partial charge in [0.25, 0.3) is 0 Å². The van der Waals surface area contributed by atoms with Crippen molar-refractivity contribution in [3.8, 4) is 5.75 Å². The van der Waals surface area contributed by atoms with E-state index in [1.807, 2.05) is 12.1 Å². The highest BCUT2D eigenvalue weighted by Crippen LogP contribution is 2.21. The number of phenolic OH excluding ortho intramolecular Hbond substituents is 1. The number of piperidine rings is 1. The largest absolute Gasteiger partial charge is 0.508 e. The first-order valence-corrected chi connectivity index (χ1v) is 7.33. The molecule has 0 aliphatic carbocycles. The molecule has 2 N–H and O–H groups in total. The number of rotatable bonds is 4. The molecule has 110 valence electrons. The van der Waals surface area contributed by atoms with Crippen LogP contribution in [-0.2, 0) is 11.2 Å². The van der Waals surface area contributed by atoms with Crippen molar-refractivity contribution in [1.82, 2.24) is 10.2 Å². The number of amides is 1. The molecular formula is C16H24N2O2. The lowest BCUT2D eigenvalue weighted by molar-refractivity contribution is -0.126. The Morgan fingerprint density at radius 3 is 2.50 bits per heavy atom. The summed E-state index contributed by atoms with van der Waals surface area (Å²) in [5.74, 6) is 0.667. The molecule has 1 fully saturated rings. The lowest BCUT2D eigenvalue weighted by Gasteiger charge is -2.35. The fourth-order valence-corrected chi connectivity index (χ4v) is 2.91. The summed E-state index contributed by atoms with van der Waals surface area (Å²) >= 11 is 0. The molecule has 4 nitrogen and oxygen atoms in total. The Bertz CT molecular complexity index is 436. The van der Waals surface area contributed by atoms with E-state index in [9.17, 15) is 9.90 Å². The Kier molecular flexibility index (Phi) is 5.01. The van der Waals surface area contributed by atoms with Crippen LogP contribution in [-0.4, -0.2) is 42.1 Å². The van der Waals surface area contributed by atoms with Gasteiger partial charge in [-0.2, -0.15) is 0 Å². The number of nitrogens with one attached hydrogen (secondary N) is 1. The monoisotopic (exact) mass is 276 g/mol. The second-order valence-electron chi connectivity index (χ2n) is 5.64. The Morgan fingerprint density at radius 1 is 1.35 bits per heavy atom. The van der Waals surface area contributed by atoms with Gasteiger partial charge in [-0.15, -0.1) is 0 Å². The smallest absolute Gasteiger partial charge is 0.222 e. The summed E-state index contributed by atoms with van der Waals surface area (Å²) < 4.78 is 0. The van der Waals surface area contributed by atoms with Gasteiger partial charge in [0.05, 0.1) is 0 Å². The van der Waals surface area contributed by atoms with Crippen LogP contribution in [0.1, 0.15) is 25.3 Å². The van der Waals surface area contributed by atoms with Gasteiger partial charge in [0, 0.05) is 19.0 Å². The summed E-state index contributed by atoms with van der Waals surface area (Å²) in [6.45, 7) is 4.20. The van der Waals surface area contributed by atoms with Crippen LogP contribution in [0.4, 0.5) is 0 Å². The molecule has 0 spiro atoms. The molecule has 1 amide bonds. The molecule has 1 saturated heterocycles. The molecule has 2 rings (SSSR count). The summed E-state index contributed by atoms with van der Waals surface area (Å²) in [4.78, 5) is 14.1. The highest BCUT2D eigenvalue weighted by molar-refractivity contribution is 5.78. The molecule has 0 bridgehead atoms. The van der Waals surface area contributed by atoms with Gasteiger partial charge in [-0.3, -0.25) is 4.79 Å². The molecule has 4 heteroatoms. The van der Waals surface area contributed by atoms with Crippen LogP contribution >= 0.6 is 0 Å². The third-order valence-electron chi connectivity index (χ3n) is 4.24. The van der Waals surface area contributed by atoms with Crippen molar-refractivity contribution in [1.29, 1.82) is 0 Å². The van der Waals surface area contributed by atoms with E-state index in [4.69, 9.17) is 0 Å². The van der Waals surface area contributed by atoms with Crippen LogP contribution in [0.3, 0.4) is 0 Å². The number of carbonyl (C=O) groups excluding carboxylic acids is 1. The average molecular weight is 276 g/mol. The Labute approximate surface area is 120 Å². The third kappa shape index (κ3) is 3.73. The molecular weight excluding hydrogens is 252 g/mol. The van der Waals surface area contributed by atoms with E-state index in [1.165, 1.54) is 5.56 Å². The van der Waals surface area contributed by atoms with E-state index < -0.39 is 0 Å². The molecule has 1 aliphatic rings. The fraction of sp³-hybridized carbons (Fsp3) is 0.562. The molecule has 1 aromatic rings. The van der Waals surface area contributed by atoms with Crippen molar-refractivity contribution in [2.75, 3.05) is 20.1 Å². The zero-order valence-electron chi connectivity index (χ0n) is 12.3. The molecule has 1 atom stereocenters. The summed E-state index contributed by atoms with van der Waals surface area (Å²) in [5.41, 5.74) is 1.24. The van der Waals surface area contributed by atoms with Gasteiger partial charge in [0.15, 0.2) is 0 Å². The molecule has 0 aromatic heterocycles. The molecule has 1 aliphatic heterocycles. The van der Waals surface area contributed by atoms with Gasteiger partial charge in [0.2, 0.25) is 5.91 Å². The minimum Gasteiger partial charge on any atom is -0.508 e. The highest BCUT2D eigenvalue weighted by atomic mass is 16.3. The van der Waals surface area contributed by atoms with Crippen LogP contribution in [0.5, 0.6) is 5.75 Å². The quantitative estimate of drug-likeness (QED) is 0.881. The maximum absolute atomic E-state index is 11.6. The Balaban J connectivity index is 1.84. The minimum absolute atomic E-state index is 0.177. The zero-order valence-corrected chi connectivity index (χ0v) is 12.3. The Morgan fingerprint density at radius 2 is 1.95 bits per heavy atom. The summed E-state index contributed by atoms with van der Waals surface area (Å²) in [5, 5.41) is 12.0. The van der Waals surface area contributed by atoms with Gasteiger partial charge in [-0.05, 0) is 57.0 Å². The van der Waals surface area contributed by atoms with Gasteiger partial charge < -0.3 is 15.3 Å². The first kappa shape index (κ1) is 14.9. The second-order valence-corrected chi connectivity index (χ2v) is 5.64. The van der Waals surface area contributed by atoms with Crippen LogP contribution in [0.15, 0.2) is 24.3 Å². The van der Waals surface area contributed by atoms with Gasteiger partial charge in [-0.25, -0.2) is 0 Å². The fourth-order valence-electron chi connectivity index (χ4n) is 2.91. The third-order valence-corrected chi connectivity index (χ3v) is 4.24. The topological polar surface area (TPSA) is 52.6 Å². The zero-order chi connectivity index (χ0) is 14.5. The van der Waals surface area contributed by atoms with Crippen LogP contribution in [0, 0.1) is 5.92 Å². The maximum Gasteiger partial charge on any atom is 0.222 e. The predicted octanol–water partition coefficient (Wildman–Crippen LogP) is 1.78. The minimum atomic E-state index is 0.177. The van der Waals surface area contributed by atoms with Crippen molar-refractivity contribution < 1.29 is 9.90 Å². The van der Waals surface area contributed by atoms with E-state index in [0.717, 1.165) is 32.4 Å². The first-order valence-electron chi connectivity index (χ1n) is 7.33. The standard InChI is InChI=1S/C16H24N2O2/c1-12(11-13-3-5-15(19)6-4-13)18-9-7-14(8-10-18)16(20)17-2/h3-6,12,14,19H,7-11H2,1-2H3,(H,17,20). The van der Waals surface area contributed by atoms with Crippen molar-refractivity contribution in [2.24, 2.45) is 5.92 Å². The lowest BCUT2D eigenvalue weighted by atomic mass is 9.94. The molecule has 0 radical (unpaired) electrons. The number of aromatic hydroxyl groups is 1. The number of nitrogens with zero attached hydrogens (tertiary/aromatic N) is 1. The molecule has 1 unspecified atom stereocenters. The predicted molar refractivity (Wildman–Crippen MR) is 79.6 cm³/mol. The van der Waals surface area contributed by atoms with E-state index in [1.54, 1.807) is 19.2 Å². The number of likely N-dealkylation sites (tertiary alicyclic amines) is 1. The van der Waals surface area contributed by atoms with Gasteiger partial charge >= 0.3 is 0 Å². The second kappa shape index (κ2) is 6.75. The summed E-state index contributed by atoms with van der Waals surface area (Å²) in [6, 6.07) is 7.89. The summed E-state index contributed by atoms with van der Waals surface area (Å²) in [7, 11) is 1.71. The molecule has 0 saturated carbocycles. The van der Waals surface area contributed by atoms with Crippen LogP contribution in [0.25, 0.3) is 0 Å². The van der Waals surface area contributed by atoms with E-state index >= 15 is 0 Å². The van der Waals surface area contributed by atoms with Gasteiger partial charge in [0.1, 0.15) is 5.75 Å². The maximum atomic E-state index is 11.6. The van der Waals surface area contributed by atoms with Crippen molar-refractivity contribution >= 4 is 5.91 Å². The average Bonchev–Trinajstić information content (AvgIpc) is 2.49. The Hall–Kier alpha value is -1.55. The number of phenols is 1. The number of carbonyl (C=O) groups is 1. The van der Waals surface area contributed by atoms with Crippen molar-refractivity contribution in [2.45, 2.75) is 32.2 Å². The van der Waals surface area contributed by atoms with Gasteiger partial charge in [-0.1, -0.05) is 12.1 Å². The summed E-state index contributed by atoms with van der Waals surface area (Å²) in [6.07, 6.45) is 2.87. The van der Waals surface area contributed by atoms with Crippen LogP contribution in [0.2, 0.25) is 0 Å². The molecule has 20 heavy (non-hydrogen) atoms. The highest BCUT2D eigenvalue weighted by Gasteiger charge is 2.26. The number of hydrogen-bond acceptors (Lipinski definition) is 3. The molecule has 1 heterocycles. The lowest BCUT2D eigenvalue weighted by Crippen LogP contribution is -2.44. The van der Waals surface area contributed by atoms with Crippen LogP contribution < -0.4 is 5.32 Å². The van der Waals surface area contributed by atoms with Crippen molar-refractivity contribution in [3.63, 3.8) is 0 Å². The first-order chi connectivity index (χ1) is 9.60.